The Labute approximate surface area is 276 Å². The summed E-state index contributed by atoms with van der Waals surface area (Å²) in [6.45, 7) is 6.66. The van der Waals surface area contributed by atoms with Crippen molar-refractivity contribution in [2.45, 2.75) is 121 Å². The zero-order valence-corrected chi connectivity index (χ0v) is 27.7. The molecule has 4 saturated carbocycles. The average Bonchev–Trinajstić information content (AvgIpc) is 3.35. The lowest BCUT2D eigenvalue weighted by Crippen LogP contribution is -2.60. The zero-order chi connectivity index (χ0) is 33.0. The van der Waals surface area contributed by atoms with Gasteiger partial charge in [-0.25, -0.2) is 9.59 Å². The summed E-state index contributed by atoms with van der Waals surface area (Å²) in [5, 5.41) is 16.6. The summed E-state index contributed by atoms with van der Waals surface area (Å²) < 4.78 is 18.2. The number of carbonyl (C=O) groups is 1. The Hall–Kier alpha value is -3.39. The maximum atomic E-state index is 13.1. The van der Waals surface area contributed by atoms with Crippen molar-refractivity contribution in [3.63, 3.8) is 0 Å². The van der Waals surface area contributed by atoms with E-state index in [4.69, 9.17) is 19.4 Å². The van der Waals surface area contributed by atoms with Crippen LogP contribution in [0.2, 0.25) is 0 Å². The molecule has 7 rings (SSSR count). The fraction of sp³-hybridized carbons (Fsp3) is 0.632. The van der Waals surface area contributed by atoms with Gasteiger partial charge in [0.25, 0.3) is 0 Å². The molecule has 9 nitrogen and oxygen atoms in total. The van der Waals surface area contributed by atoms with Crippen molar-refractivity contribution in [1.29, 1.82) is 0 Å². The van der Waals surface area contributed by atoms with E-state index in [-0.39, 0.29) is 52.5 Å². The highest BCUT2D eigenvalue weighted by atomic mass is 16.6. The molecule has 5 aliphatic carbocycles. The van der Waals surface area contributed by atoms with Gasteiger partial charge in [0.15, 0.2) is 0 Å². The number of esters is 1. The molecule has 0 aliphatic heterocycles. The summed E-state index contributed by atoms with van der Waals surface area (Å²) in [6.07, 6.45) is 11.8. The highest BCUT2D eigenvalue weighted by Gasteiger charge is 2.66. The third-order valence-corrected chi connectivity index (χ3v) is 13.4. The molecule has 0 bridgehead atoms. The number of carbonyl (C=O) groups excluding carboxylic acids is 1. The summed E-state index contributed by atoms with van der Waals surface area (Å²) in [5.74, 6) is 0.229. The van der Waals surface area contributed by atoms with E-state index in [0.717, 1.165) is 56.9 Å². The van der Waals surface area contributed by atoms with Crippen LogP contribution in [-0.2, 0) is 9.47 Å². The molecule has 9 heteroatoms. The highest BCUT2D eigenvalue weighted by molar-refractivity contribution is 5.89. The molecule has 0 spiro atoms. The molecule has 0 radical (unpaired) electrons. The number of hydrogen-bond acceptors (Lipinski definition) is 7. The molecule has 4 fully saturated rings. The van der Waals surface area contributed by atoms with Crippen molar-refractivity contribution >= 4 is 5.97 Å². The van der Waals surface area contributed by atoms with Crippen molar-refractivity contribution in [3.8, 4) is 0 Å². The quantitative estimate of drug-likeness (QED) is 0.112. The standard InChI is InChI=1S/C38H47N3O6/c1-23-31(40-41-39)12-13-32(34(23)47-35(43)24-7-5-4-6-8-24)46-27-15-18-36(2)26(21-27)10-11-30-29(36)16-19-37(3)28(17-20-38(30,37)44)25-9-14-33(42)45-22-25/h4-9,14,21-23,27-32,34,44H,10-13,15-20H2,1-3H3/t23-,27-,28+,29?,30?,31-,32?,34-,36-,37+,38-/m0/s1. The van der Waals surface area contributed by atoms with Crippen LogP contribution in [0, 0.1) is 28.6 Å². The fourth-order valence-electron chi connectivity index (χ4n) is 10.7. The van der Waals surface area contributed by atoms with Crippen molar-refractivity contribution in [2.24, 2.45) is 33.7 Å². The van der Waals surface area contributed by atoms with Crippen LogP contribution in [0.4, 0.5) is 0 Å². The Morgan fingerprint density at radius 3 is 2.55 bits per heavy atom. The topological polar surface area (TPSA) is 135 Å². The molecule has 250 valence electrons. The summed E-state index contributed by atoms with van der Waals surface area (Å²) in [6, 6.07) is 12.1. The molecular formula is C38H47N3O6. The van der Waals surface area contributed by atoms with E-state index < -0.39 is 17.7 Å². The number of hydrogen-bond donors (Lipinski definition) is 1. The molecule has 0 saturated heterocycles. The summed E-state index contributed by atoms with van der Waals surface area (Å²) in [4.78, 5) is 27.8. The minimum absolute atomic E-state index is 0.00308. The van der Waals surface area contributed by atoms with Gasteiger partial charge >= 0.3 is 11.6 Å². The van der Waals surface area contributed by atoms with Crippen molar-refractivity contribution in [3.05, 3.63) is 92.4 Å². The Kier molecular flexibility index (Phi) is 8.38. The van der Waals surface area contributed by atoms with E-state index in [0.29, 0.717) is 24.3 Å². The maximum Gasteiger partial charge on any atom is 0.338 e. The molecule has 1 aromatic carbocycles. The molecule has 47 heavy (non-hydrogen) atoms. The van der Waals surface area contributed by atoms with Gasteiger partial charge in [0, 0.05) is 28.4 Å². The van der Waals surface area contributed by atoms with Gasteiger partial charge in [-0.15, -0.1) is 0 Å². The molecule has 3 unspecified atom stereocenters. The molecular weight excluding hydrogens is 594 g/mol. The lowest BCUT2D eigenvalue weighted by atomic mass is 9.45. The third-order valence-electron chi connectivity index (χ3n) is 13.4. The van der Waals surface area contributed by atoms with Crippen LogP contribution in [0.15, 0.2) is 74.7 Å². The Balaban J connectivity index is 1.09. The fourth-order valence-corrected chi connectivity index (χ4v) is 10.7. The minimum atomic E-state index is -0.755. The SMILES string of the molecule is C[C@H]1[C@@H](N=[N+]=[N-])CCC(O[C@@H]2C=C3CCC4C(CC[C@]5(C)[C@@H](c6ccc(=O)oc6)CC[C@]45O)[C@@]3(C)CC2)[C@H]1OC(=O)c1ccccc1. The first-order chi connectivity index (χ1) is 22.6. The summed E-state index contributed by atoms with van der Waals surface area (Å²) in [7, 11) is 0. The molecule has 1 aromatic heterocycles. The second-order valence-corrected chi connectivity index (χ2v) is 15.4. The molecule has 1 heterocycles. The Morgan fingerprint density at radius 2 is 1.81 bits per heavy atom. The number of nitrogens with zero attached hydrogens (tertiary/aromatic N) is 3. The second kappa shape index (κ2) is 12.2. The van der Waals surface area contributed by atoms with E-state index in [1.165, 1.54) is 11.6 Å². The van der Waals surface area contributed by atoms with Crippen LogP contribution in [0.1, 0.15) is 107 Å². The van der Waals surface area contributed by atoms with Crippen LogP contribution >= 0.6 is 0 Å². The number of fused-ring (bicyclic) bond motifs is 5. The average molecular weight is 642 g/mol. The van der Waals surface area contributed by atoms with Crippen LogP contribution in [0.25, 0.3) is 10.4 Å². The van der Waals surface area contributed by atoms with Gasteiger partial charge in [-0.1, -0.05) is 55.7 Å². The van der Waals surface area contributed by atoms with Crippen molar-refractivity contribution < 1.29 is 23.8 Å². The van der Waals surface area contributed by atoms with Gasteiger partial charge < -0.3 is 19.0 Å². The number of ether oxygens (including phenoxy) is 2. The van der Waals surface area contributed by atoms with Crippen molar-refractivity contribution in [1.82, 2.24) is 0 Å². The van der Waals surface area contributed by atoms with E-state index in [9.17, 15) is 14.7 Å². The van der Waals surface area contributed by atoms with Crippen molar-refractivity contribution in [2.75, 3.05) is 0 Å². The van der Waals surface area contributed by atoms with Crippen LogP contribution in [0.3, 0.4) is 0 Å². The first-order valence-corrected chi connectivity index (χ1v) is 17.6. The van der Waals surface area contributed by atoms with Gasteiger partial charge in [-0.05, 0) is 117 Å². The third kappa shape index (κ3) is 5.35. The van der Waals surface area contributed by atoms with Gasteiger partial charge in [-0.3, -0.25) is 0 Å². The predicted molar refractivity (Wildman–Crippen MR) is 177 cm³/mol. The summed E-state index contributed by atoms with van der Waals surface area (Å²) in [5.41, 5.74) is 10.8. The lowest BCUT2D eigenvalue weighted by molar-refractivity contribution is -0.179. The number of allylic oxidation sites excluding steroid dienone is 1. The first-order valence-electron chi connectivity index (χ1n) is 17.6. The number of rotatable bonds is 6. The van der Waals surface area contributed by atoms with E-state index in [2.05, 4.69) is 29.9 Å². The largest absolute Gasteiger partial charge is 0.456 e. The van der Waals surface area contributed by atoms with Gasteiger partial charge in [0.05, 0.1) is 29.6 Å². The number of benzene rings is 1. The lowest BCUT2D eigenvalue weighted by Gasteiger charge is -2.62. The smallest absolute Gasteiger partial charge is 0.338 e. The monoisotopic (exact) mass is 641 g/mol. The molecule has 5 aliphatic rings. The second-order valence-electron chi connectivity index (χ2n) is 15.4. The van der Waals surface area contributed by atoms with Gasteiger partial charge in [0.2, 0.25) is 0 Å². The molecule has 0 amide bonds. The molecule has 1 N–H and O–H groups in total. The van der Waals surface area contributed by atoms with Gasteiger partial charge in [-0.2, -0.15) is 0 Å². The highest BCUT2D eigenvalue weighted by Crippen LogP contribution is 2.70. The minimum Gasteiger partial charge on any atom is -0.456 e. The molecule has 11 atom stereocenters. The summed E-state index contributed by atoms with van der Waals surface area (Å²) >= 11 is 0. The Morgan fingerprint density at radius 1 is 1.00 bits per heavy atom. The van der Waals surface area contributed by atoms with Crippen LogP contribution < -0.4 is 5.63 Å². The first kappa shape index (κ1) is 32.2. The van der Waals surface area contributed by atoms with E-state index >= 15 is 0 Å². The van der Waals surface area contributed by atoms with Crippen LogP contribution in [0.5, 0.6) is 0 Å². The maximum absolute atomic E-state index is 13.1. The zero-order valence-electron chi connectivity index (χ0n) is 27.7. The van der Waals surface area contributed by atoms with E-state index in [1.807, 2.05) is 31.2 Å². The van der Waals surface area contributed by atoms with Crippen LogP contribution in [-0.4, -0.2) is 41.0 Å². The number of azide groups is 1. The molecule has 2 aromatic rings. The normalized spacial score (nSPS) is 41.0. The predicted octanol–water partition coefficient (Wildman–Crippen LogP) is 7.89. The Bertz CT molecular complexity index is 1610. The number of aliphatic hydroxyl groups is 1. The van der Waals surface area contributed by atoms with Gasteiger partial charge in [0.1, 0.15) is 6.10 Å². The van der Waals surface area contributed by atoms with E-state index in [1.54, 1.807) is 18.4 Å².